The summed E-state index contributed by atoms with van der Waals surface area (Å²) in [6.45, 7) is -0.930. The van der Waals surface area contributed by atoms with Crippen molar-refractivity contribution in [1.29, 1.82) is 0 Å². The summed E-state index contributed by atoms with van der Waals surface area (Å²) in [6.07, 6.45) is 0.338. The van der Waals surface area contributed by atoms with Crippen molar-refractivity contribution >= 4 is 0 Å². The van der Waals surface area contributed by atoms with Crippen molar-refractivity contribution in [2.24, 2.45) is 0 Å². The van der Waals surface area contributed by atoms with E-state index in [2.05, 4.69) is 9.97 Å². The number of aliphatic hydroxyl groups is 4. The SMILES string of the molecule is OCC(O)c1cncc(C(O)CO)n1. The third kappa shape index (κ3) is 2.46. The molecule has 0 spiro atoms. The number of rotatable bonds is 4. The van der Waals surface area contributed by atoms with Crippen LogP contribution in [0.15, 0.2) is 12.4 Å². The quantitative estimate of drug-likeness (QED) is 0.472. The third-order valence-corrected chi connectivity index (χ3v) is 1.70. The Bertz CT molecular complexity index is 269. The molecule has 78 valence electrons. The van der Waals surface area contributed by atoms with Crippen molar-refractivity contribution in [2.45, 2.75) is 12.2 Å². The maximum Gasteiger partial charge on any atom is 0.120 e. The molecule has 1 heterocycles. The molecule has 0 radical (unpaired) electrons. The van der Waals surface area contributed by atoms with Crippen LogP contribution in [-0.2, 0) is 0 Å². The molecular formula is C8H12N2O4. The number of nitrogens with zero attached hydrogens (tertiary/aromatic N) is 2. The lowest BCUT2D eigenvalue weighted by Crippen LogP contribution is -2.11. The topological polar surface area (TPSA) is 107 Å². The molecule has 0 saturated heterocycles. The fraction of sp³-hybridized carbons (Fsp3) is 0.500. The highest BCUT2D eigenvalue weighted by molar-refractivity contribution is 5.08. The van der Waals surface area contributed by atoms with Crippen molar-refractivity contribution < 1.29 is 20.4 Å². The number of aromatic nitrogens is 2. The number of hydrogen-bond donors (Lipinski definition) is 4. The molecule has 4 N–H and O–H groups in total. The molecule has 2 atom stereocenters. The van der Waals surface area contributed by atoms with Crippen LogP contribution in [0.3, 0.4) is 0 Å². The maximum atomic E-state index is 9.21. The molecule has 0 aliphatic carbocycles. The van der Waals surface area contributed by atoms with E-state index < -0.39 is 25.4 Å². The van der Waals surface area contributed by atoms with E-state index in [4.69, 9.17) is 10.2 Å². The Hall–Kier alpha value is -1.08. The summed E-state index contributed by atoms with van der Waals surface area (Å²) in [4.78, 5) is 7.55. The molecule has 1 rings (SSSR count). The summed E-state index contributed by atoms with van der Waals surface area (Å²) in [5.41, 5.74) is 0.329. The molecular weight excluding hydrogens is 188 g/mol. The molecule has 0 saturated carbocycles. The van der Waals surface area contributed by atoms with E-state index in [1.165, 1.54) is 12.4 Å². The van der Waals surface area contributed by atoms with Crippen LogP contribution in [0.25, 0.3) is 0 Å². The van der Waals surface area contributed by atoms with Gasteiger partial charge in [-0.1, -0.05) is 0 Å². The third-order valence-electron chi connectivity index (χ3n) is 1.70. The summed E-state index contributed by atoms with van der Waals surface area (Å²) < 4.78 is 0. The van der Waals surface area contributed by atoms with Gasteiger partial charge in [0.05, 0.1) is 37.0 Å². The van der Waals surface area contributed by atoms with Crippen molar-refractivity contribution in [3.05, 3.63) is 23.8 Å². The van der Waals surface area contributed by atoms with E-state index in [0.29, 0.717) is 0 Å². The van der Waals surface area contributed by atoms with E-state index in [1.54, 1.807) is 0 Å². The van der Waals surface area contributed by atoms with Crippen molar-refractivity contribution in [1.82, 2.24) is 9.97 Å². The van der Waals surface area contributed by atoms with Crippen LogP contribution in [0.2, 0.25) is 0 Å². The molecule has 0 aliphatic heterocycles. The van der Waals surface area contributed by atoms with Gasteiger partial charge < -0.3 is 20.4 Å². The summed E-state index contributed by atoms with van der Waals surface area (Å²) in [5, 5.41) is 35.7. The van der Waals surface area contributed by atoms with E-state index in [9.17, 15) is 10.2 Å². The Morgan fingerprint density at radius 1 is 1.00 bits per heavy atom. The largest absolute Gasteiger partial charge is 0.393 e. The van der Waals surface area contributed by atoms with Crippen LogP contribution in [0.4, 0.5) is 0 Å². The zero-order valence-corrected chi connectivity index (χ0v) is 7.41. The number of hydrogen-bond acceptors (Lipinski definition) is 6. The first-order valence-corrected chi connectivity index (χ1v) is 4.08. The normalized spacial score (nSPS) is 15.1. The van der Waals surface area contributed by atoms with Gasteiger partial charge in [-0.05, 0) is 0 Å². The fourth-order valence-electron chi connectivity index (χ4n) is 0.905. The lowest BCUT2D eigenvalue weighted by atomic mass is 10.2. The first-order valence-electron chi connectivity index (χ1n) is 4.08. The Morgan fingerprint density at radius 2 is 1.43 bits per heavy atom. The summed E-state index contributed by atoms with van der Waals surface area (Å²) in [5.74, 6) is 0. The highest BCUT2D eigenvalue weighted by Crippen LogP contribution is 2.12. The van der Waals surface area contributed by atoms with Crippen molar-refractivity contribution in [2.75, 3.05) is 13.2 Å². The minimum absolute atomic E-state index is 0.164. The predicted molar refractivity (Wildman–Crippen MR) is 46.1 cm³/mol. The van der Waals surface area contributed by atoms with Crippen molar-refractivity contribution in [3.63, 3.8) is 0 Å². The van der Waals surface area contributed by atoms with Gasteiger partial charge in [-0.2, -0.15) is 0 Å². The molecule has 0 bridgehead atoms. The second-order valence-electron chi connectivity index (χ2n) is 2.77. The Labute approximate surface area is 80.5 Å². The average Bonchev–Trinajstić information content (AvgIpc) is 2.27. The van der Waals surface area contributed by atoms with Gasteiger partial charge in [0, 0.05) is 0 Å². The molecule has 14 heavy (non-hydrogen) atoms. The lowest BCUT2D eigenvalue weighted by molar-refractivity contribution is 0.0832. The molecule has 6 heteroatoms. The number of aliphatic hydroxyl groups excluding tert-OH is 4. The van der Waals surface area contributed by atoms with Crippen LogP contribution in [0.5, 0.6) is 0 Å². The van der Waals surface area contributed by atoms with E-state index in [0.717, 1.165) is 0 Å². The van der Waals surface area contributed by atoms with Gasteiger partial charge in [0.1, 0.15) is 12.2 Å². The predicted octanol–water partition coefficient (Wildman–Crippen LogP) is -1.47. The lowest BCUT2D eigenvalue weighted by Gasteiger charge is -2.10. The Kier molecular flexibility index (Phi) is 3.90. The average molecular weight is 200 g/mol. The minimum atomic E-state index is -1.12. The molecule has 1 aromatic rings. The minimum Gasteiger partial charge on any atom is -0.393 e. The van der Waals surface area contributed by atoms with Gasteiger partial charge in [-0.15, -0.1) is 0 Å². The summed E-state index contributed by atoms with van der Waals surface area (Å²) >= 11 is 0. The standard InChI is InChI=1S/C8H12N2O4/c11-3-7(13)5-1-9-2-6(10-5)8(14)4-12/h1-2,7-8,11-14H,3-4H2. The van der Waals surface area contributed by atoms with E-state index in [-0.39, 0.29) is 11.4 Å². The first-order chi connectivity index (χ1) is 6.69. The van der Waals surface area contributed by atoms with Gasteiger partial charge in [0.25, 0.3) is 0 Å². The van der Waals surface area contributed by atoms with Crippen LogP contribution >= 0.6 is 0 Å². The van der Waals surface area contributed by atoms with Gasteiger partial charge >= 0.3 is 0 Å². The maximum absolute atomic E-state index is 9.21. The zero-order chi connectivity index (χ0) is 10.6. The monoisotopic (exact) mass is 200 g/mol. The Morgan fingerprint density at radius 3 is 1.79 bits per heavy atom. The Balaban J connectivity index is 2.89. The first kappa shape index (κ1) is 11.0. The summed E-state index contributed by atoms with van der Waals surface area (Å²) in [7, 11) is 0. The van der Waals surface area contributed by atoms with Crippen LogP contribution in [0.1, 0.15) is 23.6 Å². The highest BCUT2D eigenvalue weighted by Gasteiger charge is 2.12. The second kappa shape index (κ2) is 4.97. The van der Waals surface area contributed by atoms with Gasteiger partial charge in [-0.25, -0.2) is 4.98 Å². The van der Waals surface area contributed by atoms with E-state index >= 15 is 0 Å². The summed E-state index contributed by atoms with van der Waals surface area (Å²) in [6, 6.07) is 0. The second-order valence-corrected chi connectivity index (χ2v) is 2.77. The highest BCUT2D eigenvalue weighted by atomic mass is 16.3. The van der Waals surface area contributed by atoms with Crippen LogP contribution in [0, 0.1) is 0 Å². The van der Waals surface area contributed by atoms with Gasteiger partial charge in [0.2, 0.25) is 0 Å². The fourth-order valence-corrected chi connectivity index (χ4v) is 0.905. The van der Waals surface area contributed by atoms with Crippen molar-refractivity contribution in [3.8, 4) is 0 Å². The smallest absolute Gasteiger partial charge is 0.120 e. The van der Waals surface area contributed by atoms with Crippen LogP contribution < -0.4 is 0 Å². The molecule has 0 aromatic carbocycles. The molecule has 2 unspecified atom stereocenters. The van der Waals surface area contributed by atoms with Gasteiger partial charge in [-0.3, -0.25) is 4.98 Å². The molecule has 6 nitrogen and oxygen atoms in total. The zero-order valence-electron chi connectivity index (χ0n) is 7.41. The molecule has 0 fully saturated rings. The molecule has 0 aliphatic rings. The molecule has 0 amide bonds. The van der Waals surface area contributed by atoms with Gasteiger partial charge in [0.15, 0.2) is 0 Å². The van der Waals surface area contributed by atoms with Crippen LogP contribution in [-0.4, -0.2) is 43.6 Å². The van der Waals surface area contributed by atoms with E-state index in [1.807, 2.05) is 0 Å². The molecule has 1 aromatic heterocycles.